The zero-order chi connectivity index (χ0) is 15.6. The van der Waals surface area contributed by atoms with Crippen LogP contribution in [0.25, 0.3) is 0 Å². The molecule has 1 atom stereocenters. The first-order valence-electron chi connectivity index (χ1n) is 6.88. The lowest BCUT2D eigenvalue weighted by Gasteiger charge is -2.08. The molecule has 0 aliphatic rings. The topological polar surface area (TPSA) is 67.4 Å². The van der Waals surface area contributed by atoms with Crippen molar-refractivity contribution in [3.8, 4) is 0 Å². The van der Waals surface area contributed by atoms with Gasteiger partial charge >= 0.3 is 6.03 Å². The normalized spacial score (nSPS) is 11.6. The molecule has 22 heavy (non-hydrogen) atoms. The number of hydrogen-bond donors (Lipinski definition) is 2. The number of carbonyl (C=O) groups is 1. The molecule has 0 spiro atoms. The standard InChI is InChI=1S/C16H18N2O3S/c19-16(18-21-13-14-7-3-1-4-8-14)17-11-12-22(20)15-9-5-2-6-10-15/h1-10H,11-13H2,(H2,17,18,19)/t22-/m0/s1. The Hall–Kier alpha value is -2.18. The molecule has 2 rings (SSSR count). The molecule has 2 amide bonds. The summed E-state index contributed by atoms with van der Waals surface area (Å²) in [6.45, 7) is 0.603. The van der Waals surface area contributed by atoms with E-state index in [1.54, 1.807) is 12.1 Å². The molecular formula is C16H18N2O3S. The summed E-state index contributed by atoms with van der Waals surface area (Å²) in [5.41, 5.74) is 3.26. The van der Waals surface area contributed by atoms with Crippen LogP contribution in [0.4, 0.5) is 4.79 Å². The van der Waals surface area contributed by atoms with Gasteiger partial charge in [-0.2, -0.15) is 0 Å². The minimum Gasteiger partial charge on any atom is -0.335 e. The Labute approximate surface area is 132 Å². The van der Waals surface area contributed by atoms with Crippen LogP contribution in [0, 0.1) is 0 Å². The van der Waals surface area contributed by atoms with Crippen molar-refractivity contribution in [2.45, 2.75) is 11.5 Å². The van der Waals surface area contributed by atoms with Gasteiger partial charge in [-0.25, -0.2) is 10.3 Å². The molecular weight excluding hydrogens is 300 g/mol. The minimum absolute atomic E-state index is 0.296. The summed E-state index contributed by atoms with van der Waals surface area (Å²) in [6, 6.07) is 18.2. The Morgan fingerprint density at radius 2 is 1.64 bits per heavy atom. The van der Waals surface area contributed by atoms with Gasteiger partial charge in [0.15, 0.2) is 0 Å². The maximum atomic E-state index is 11.9. The van der Waals surface area contributed by atoms with Gasteiger partial charge in [0.1, 0.15) is 0 Å². The Kier molecular flexibility index (Phi) is 6.60. The van der Waals surface area contributed by atoms with Crippen LogP contribution in [0.3, 0.4) is 0 Å². The highest BCUT2D eigenvalue weighted by atomic mass is 32.2. The molecule has 2 N–H and O–H groups in total. The lowest BCUT2D eigenvalue weighted by molar-refractivity contribution is 0.0493. The van der Waals surface area contributed by atoms with E-state index >= 15 is 0 Å². The molecule has 0 aromatic heterocycles. The molecule has 116 valence electrons. The van der Waals surface area contributed by atoms with E-state index in [1.165, 1.54) is 0 Å². The second-order valence-corrected chi connectivity index (χ2v) is 6.07. The summed E-state index contributed by atoms with van der Waals surface area (Å²) in [4.78, 5) is 17.3. The van der Waals surface area contributed by atoms with Crippen LogP contribution < -0.4 is 10.8 Å². The number of hydrogen-bond acceptors (Lipinski definition) is 3. The molecule has 0 fully saturated rings. The van der Waals surface area contributed by atoms with Crippen molar-refractivity contribution < 1.29 is 13.8 Å². The molecule has 2 aromatic carbocycles. The third-order valence-corrected chi connectivity index (χ3v) is 4.20. The number of carbonyl (C=O) groups excluding carboxylic acids is 1. The van der Waals surface area contributed by atoms with Gasteiger partial charge in [-0.3, -0.25) is 9.05 Å². The van der Waals surface area contributed by atoms with Crippen molar-refractivity contribution in [2.75, 3.05) is 12.3 Å². The van der Waals surface area contributed by atoms with Gasteiger partial charge < -0.3 is 5.32 Å². The lowest BCUT2D eigenvalue weighted by atomic mass is 10.2. The fraction of sp³-hybridized carbons (Fsp3) is 0.188. The van der Waals surface area contributed by atoms with Crippen LogP contribution in [0.1, 0.15) is 5.56 Å². The van der Waals surface area contributed by atoms with Gasteiger partial charge in [0.25, 0.3) is 0 Å². The van der Waals surface area contributed by atoms with E-state index in [9.17, 15) is 9.00 Å². The molecule has 5 nitrogen and oxygen atoms in total. The van der Waals surface area contributed by atoms with Crippen molar-refractivity contribution in [3.63, 3.8) is 0 Å². The highest BCUT2D eigenvalue weighted by Crippen LogP contribution is 2.04. The Morgan fingerprint density at radius 1 is 1.00 bits per heavy atom. The van der Waals surface area contributed by atoms with E-state index in [4.69, 9.17) is 4.84 Å². The molecule has 0 saturated heterocycles. The third-order valence-electron chi connectivity index (χ3n) is 2.83. The third kappa shape index (κ3) is 5.67. The maximum Gasteiger partial charge on any atom is 0.338 e. The Balaban J connectivity index is 1.61. The number of amides is 2. The van der Waals surface area contributed by atoms with Crippen molar-refractivity contribution in [1.82, 2.24) is 10.8 Å². The number of nitrogens with one attached hydrogen (secondary N) is 2. The average Bonchev–Trinajstić information content (AvgIpc) is 2.56. The largest absolute Gasteiger partial charge is 0.338 e. The monoisotopic (exact) mass is 318 g/mol. The first kappa shape index (κ1) is 16.2. The molecule has 6 heteroatoms. The van der Waals surface area contributed by atoms with Crippen molar-refractivity contribution in [1.29, 1.82) is 0 Å². The fourth-order valence-electron chi connectivity index (χ4n) is 1.74. The van der Waals surface area contributed by atoms with Gasteiger partial charge in [0.05, 0.1) is 17.4 Å². The smallest absolute Gasteiger partial charge is 0.335 e. The van der Waals surface area contributed by atoms with Crippen LogP contribution >= 0.6 is 0 Å². The Morgan fingerprint density at radius 3 is 2.32 bits per heavy atom. The van der Waals surface area contributed by atoms with Crippen LogP contribution in [0.15, 0.2) is 65.6 Å². The number of benzene rings is 2. The number of rotatable bonds is 7. The van der Waals surface area contributed by atoms with Crippen molar-refractivity contribution in [3.05, 3.63) is 66.2 Å². The molecule has 0 saturated carbocycles. The number of urea groups is 1. The van der Waals surface area contributed by atoms with Gasteiger partial charge in [0.2, 0.25) is 0 Å². The van der Waals surface area contributed by atoms with E-state index in [0.717, 1.165) is 10.5 Å². The quantitative estimate of drug-likeness (QED) is 0.769. The summed E-state index contributed by atoms with van der Waals surface area (Å²) in [7, 11) is -1.12. The SMILES string of the molecule is O=C(NCC[S@](=O)c1ccccc1)NOCc1ccccc1. The second kappa shape index (κ2) is 8.96. The second-order valence-electron chi connectivity index (χ2n) is 4.49. The van der Waals surface area contributed by atoms with Crippen LogP contribution in [-0.2, 0) is 22.2 Å². The Bertz CT molecular complexity index is 605. The minimum atomic E-state index is -1.12. The van der Waals surface area contributed by atoms with Gasteiger partial charge in [-0.15, -0.1) is 0 Å². The van der Waals surface area contributed by atoms with Gasteiger partial charge in [-0.05, 0) is 17.7 Å². The zero-order valence-electron chi connectivity index (χ0n) is 12.0. The van der Waals surface area contributed by atoms with Crippen LogP contribution in [-0.4, -0.2) is 22.5 Å². The summed E-state index contributed by atoms with van der Waals surface area (Å²) in [6.07, 6.45) is 0. The lowest BCUT2D eigenvalue weighted by Crippen LogP contribution is -2.37. The highest BCUT2D eigenvalue weighted by Gasteiger charge is 2.04. The first-order valence-corrected chi connectivity index (χ1v) is 8.20. The molecule has 0 radical (unpaired) electrons. The fourth-order valence-corrected chi connectivity index (χ4v) is 2.73. The van der Waals surface area contributed by atoms with Crippen molar-refractivity contribution >= 4 is 16.8 Å². The van der Waals surface area contributed by atoms with E-state index in [-0.39, 0.29) is 0 Å². The predicted molar refractivity (Wildman–Crippen MR) is 85.5 cm³/mol. The molecule has 0 aliphatic heterocycles. The van der Waals surface area contributed by atoms with E-state index < -0.39 is 16.8 Å². The van der Waals surface area contributed by atoms with E-state index in [1.807, 2.05) is 48.5 Å². The molecule has 2 aromatic rings. The van der Waals surface area contributed by atoms with Gasteiger partial charge in [0, 0.05) is 17.2 Å². The zero-order valence-corrected chi connectivity index (χ0v) is 12.8. The molecule has 0 aliphatic carbocycles. The van der Waals surface area contributed by atoms with Crippen molar-refractivity contribution in [2.24, 2.45) is 0 Å². The van der Waals surface area contributed by atoms with E-state index in [0.29, 0.717) is 18.9 Å². The molecule has 0 heterocycles. The highest BCUT2D eigenvalue weighted by molar-refractivity contribution is 7.85. The average molecular weight is 318 g/mol. The maximum absolute atomic E-state index is 11.9. The summed E-state index contributed by atoms with van der Waals surface area (Å²) >= 11 is 0. The van der Waals surface area contributed by atoms with Crippen LogP contribution in [0.5, 0.6) is 0 Å². The summed E-state index contributed by atoms with van der Waals surface area (Å²) < 4.78 is 11.9. The molecule has 0 unspecified atom stereocenters. The van der Waals surface area contributed by atoms with Crippen LogP contribution in [0.2, 0.25) is 0 Å². The first-order chi connectivity index (χ1) is 10.8. The predicted octanol–water partition coefficient (Wildman–Crippen LogP) is 2.23. The van der Waals surface area contributed by atoms with E-state index in [2.05, 4.69) is 10.8 Å². The summed E-state index contributed by atoms with van der Waals surface area (Å²) in [5, 5.41) is 2.60. The number of hydroxylamine groups is 1. The summed E-state index contributed by atoms with van der Waals surface area (Å²) in [5.74, 6) is 0.357. The molecule has 0 bridgehead atoms. The van der Waals surface area contributed by atoms with Gasteiger partial charge in [-0.1, -0.05) is 48.5 Å².